The fraction of sp³-hybridized carbons (Fsp3) is 0.368. The maximum atomic E-state index is 5.31. The molecule has 1 atom stereocenters. The molecule has 23 heavy (non-hydrogen) atoms. The van der Waals surface area contributed by atoms with Gasteiger partial charge in [-0.05, 0) is 38.8 Å². The van der Waals surface area contributed by atoms with Gasteiger partial charge in [0.1, 0.15) is 12.3 Å². The summed E-state index contributed by atoms with van der Waals surface area (Å²) >= 11 is 0. The SMILES string of the molecule is CCON=C(c1ccc(C#CC2CC2)cc1)C(C)n1ccnc1. The van der Waals surface area contributed by atoms with Crippen molar-refractivity contribution < 1.29 is 4.84 Å². The van der Waals surface area contributed by atoms with Gasteiger partial charge in [0.15, 0.2) is 0 Å². The fourth-order valence-corrected chi connectivity index (χ4v) is 2.28. The van der Waals surface area contributed by atoms with Gasteiger partial charge in [0.05, 0.1) is 12.4 Å². The van der Waals surface area contributed by atoms with Gasteiger partial charge in [0, 0.05) is 29.4 Å². The first-order valence-corrected chi connectivity index (χ1v) is 8.07. The second kappa shape index (κ2) is 7.15. The molecule has 4 nitrogen and oxygen atoms in total. The summed E-state index contributed by atoms with van der Waals surface area (Å²) in [6.07, 6.45) is 7.99. The third-order valence-corrected chi connectivity index (χ3v) is 3.84. The molecule has 3 rings (SSSR count). The van der Waals surface area contributed by atoms with Gasteiger partial charge in [-0.2, -0.15) is 0 Å². The molecule has 2 aromatic rings. The number of hydrogen-bond acceptors (Lipinski definition) is 3. The van der Waals surface area contributed by atoms with Crippen LogP contribution in [0.2, 0.25) is 0 Å². The molecule has 0 spiro atoms. The molecule has 1 aliphatic carbocycles. The number of imidazole rings is 1. The van der Waals surface area contributed by atoms with Crippen molar-refractivity contribution in [1.29, 1.82) is 0 Å². The van der Waals surface area contributed by atoms with Gasteiger partial charge in [0.25, 0.3) is 0 Å². The Morgan fingerprint density at radius 3 is 2.78 bits per heavy atom. The van der Waals surface area contributed by atoms with Crippen LogP contribution in [0.5, 0.6) is 0 Å². The average molecular weight is 307 g/mol. The topological polar surface area (TPSA) is 39.4 Å². The summed E-state index contributed by atoms with van der Waals surface area (Å²) in [5, 5.41) is 4.31. The smallest absolute Gasteiger partial charge is 0.114 e. The van der Waals surface area contributed by atoms with Gasteiger partial charge in [0.2, 0.25) is 0 Å². The average Bonchev–Trinajstić information content (AvgIpc) is 3.25. The van der Waals surface area contributed by atoms with Crippen LogP contribution < -0.4 is 0 Å². The molecule has 0 radical (unpaired) electrons. The second-order valence-electron chi connectivity index (χ2n) is 5.70. The third kappa shape index (κ3) is 4.01. The Balaban J connectivity index is 1.83. The van der Waals surface area contributed by atoms with E-state index in [1.807, 2.05) is 29.8 Å². The molecular formula is C19H21N3O. The van der Waals surface area contributed by atoms with Crippen LogP contribution in [0, 0.1) is 17.8 Å². The normalized spacial score (nSPS) is 15.7. The predicted molar refractivity (Wildman–Crippen MR) is 91.1 cm³/mol. The van der Waals surface area contributed by atoms with E-state index in [2.05, 4.69) is 41.0 Å². The molecule has 1 saturated carbocycles. The van der Waals surface area contributed by atoms with Crippen LogP contribution in [0.25, 0.3) is 0 Å². The number of oxime groups is 1. The van der Waals surface area contributed by atoms with E-state index in [0.29, 0.717) is 12.5 Å². The number of benzene rings is 1. The van der Waals surface area contributed by atoms with E-state index in [-0.39, 0.29) is 6.04 Å². The number of hydrogen-bond donors (Lipinski definition) is 0. The van der Waals surface area contributed by atoms with Gasteiger partial charge in [-0.25, -0.2) is 4.98 Å². The largest absolute Gasteiger partial charge is 0.396 e. The first kappa shape index (κ1) is 15.4. The van der Waals surface area contributed by atoms with E-state index in [1.54, 1.807) is 12.5 Å². The number of nitrogens with zero attached hydrogens (tertiary/aromatic N) is 3. The van der Waals surface area contributed by atoms with Crippen molar-refractivity contribution in [1.82, 2.24) is 9.55 Å². The summed E-state index contributed by atoms with van der Waals surface area (Å²) in [7, 11) is 0. The molecule has 4 heteroatoms. The molecule has 0 N–H and O–H groups in total. The maximum Gasteiger partial charge on any atom is 0.114 e. The second-order valence-corrected chi connectivity index (χ2v) is 5.70. The van der Waals surface area contributed by atoms with Gasteiger partial charge >= 0.3 is 0 Å². The molecule has 0 bridgehead atoms. The number of rotatable bonds is 5. The standard InChI is InChI=1S/C19H21N3O/c1-3-23-21-19(15(2)22-13-12-20-14-22)18-10-8-17(9-11-18)7-6-16-4-5-16/h8-16H,3-5H2,1-2H3. The summed E-state index contributed by atoms with van der Waals surface area (Å²) in [6, 6.07) is 8.26. The quantitative estimate of drug-likeness (QED) is 0.480. The lowest BCUT2D eigenvalue weighted by Crippen LogP contribution is -2.17. The summed E-state index contributed by atoms with van der Waals surface area (Å²) in [4.78, 5) is 9.42. The van der Waals surface area contributed by atoms with Crippen LogP contribution in [0.4, 0.5) is 0 Å². The van der Waals surface area contributed by atoms with Crippen molar-refractivity contribution in [3.05, 3.63) is 54.1 Å². The summed E-state index contributed by atoms with van der Waals surface area (Å²) < 4.78 is 2.01. The van der Waals surface area contributed by atoms with E-state index in [9.17, 15) is 0 Å². The molecule has 118 valence electrons. The van der Waals surface area contributed by atoms with E-state index in [0.717, 1.165) is 16.8 Å². The highest BCUT2D eigenvalue weighted by Gasteiger charge is 2.18. The Bertz CT molecular complexity index is 716. The monoisotopic (exact) mass is 307 g/mol. The molecule has 1 fully saturated rings. The van der Waals surface area contributed by atoms with Gasteiger partial charge in [-0.3, -0.25) is 0 Å². The molecule has 1 aromatic heterocycles. The highest BCUT2D eigenvalue weighted by atomic mass is 16.6. The third-order valence-electron chi connectivity index (χ3n) is 3.84. The summed E-state index contributed by atoms with van der Waals surface area (Å²) in [5.41, 5.74) is 2.97. The maximum absolute atomic E-state index is 5.31. The zero-order valence-corrected chi connectivity index (χ0v) is 13.6. The molecule has 1 heterocycles. The van der Waals surface area contributed by atoms with Crippen LogP contribution in [0.1, 0.15) is 43.9 Å². The molecule has 0 amide bonds. The Kier molecular flexibility index (Phi) is 4.77. The highest BCUT2D eigenvalue weighted by Crippen LogP contribution is 2.27. The predicted octanol–water partition coefficient (Wildman–Crippen LogP) is 3.65. The van der Waals surface area contributed by atoms with Crippen LogP contribution in [-0.4, -0.2) is 21.9 Å². The van der Waals surface area contributed by atoms with E-state index in [4.69, 9.17) is 4.84 Å². The molecule has 1 aliphatic rings. The molecule has 1 unspecified atom stereocenters. The summed E-state index contributed by atoms with van der Waals surface area (Å²) in [6.45, 7) is 4.56. The van der Waals surface area contributed by atoms with Gasteiger partial charge < -0.3 is 9.40 Å². The molecule has 0 saturated heterocycles. The van der Waals surface area contributed by atoms with Crippen LogP contribution in [0.3, 0.4) is 0 Å². The van der Waals surface area contributed by atoms with Crippen LogP contribution >= 0.6 is 0 Å². The zero-order valence-electron chi connectivity index (χ0n) is 13.6. The molecule has 0 aliphatic heterocycles. The lowest BCUT2D eigenvalue weighted by molar-refractivity contribution is 0.157. The van der Waals surface area contributed by atoms with Crippen molar-refractivity contribution in [3.63, 3.8) is 0 Å². The van der Waals surface area contributed by atoms with Crippen molar-refractivity contribution in [2.75, 3.05) is 6.61 Å². The minimum atomic E-state index is 0.0486. The summed E-state index contributed by atoms with van der Waals surface area (Å²) in [5.74, 6) is 7.14. The van der Waals surface area contributed by atoms with Crippen LogP contribution in [0.15, 0.2) is 48.1 Å². The Hall–Kier alpha value is -2.54. The van der Waals surface area contributed by atoms with E-state index >= 15 is 0 Å². The molecular weight excluding hydrogens is 286 g/mol. The van der Waals surface area contributed by atoms with Gasteiger partial charge in [-0.1, -0.05) is 29.1 Å². The highest BCUT2D eigenvalue weighted by molar-refractivity contribution is 6.02. The Labute approximate surface area is 137 Å². The molecule has 1 aromatic carbocycles. The van der Waals surface area contributed by atoms with Gasteiger partial charge in [-0.15, -0.1) is 0 Å². The lowest BCUT2D eigenvalue weighted by Gasteiger charge is -2.16. The number of aromatic nitrogens is 2. The van der Waals surface area contributed by atoms with E-state index < -0.39 is 0 Å². The van der Waals surface area contributed by atoms with Crippen molar-refractivity contribution in [3.8, 4) is 11.8 Å². The fourth-order valence-electron chi connectivity index (χ4n) is 2.28. The van der Waals surface area contributed by atoms with Crippen molar-refractivity contribution in [2.24, 2.45) is 11.1 Å². The van der Waals surface area contributed by atoms with E-state index in [1.165, 1.54) is 12.8 Å². The van der Waals surface area contributed by atoms with Crippen LogP contribution in [-0.2, 0) is 4.84 Å². The van der Waals surface area contributed by atoms with Crippen molar-refractivity contribution >= 4 is 5.71 Å². The first-order chi connectivity index (χ1) is 11.3. The van der Waals surface area contributed by atoms with Crippen molar-refractivity contribution in [2.45, 2.75) is 32.7 Å². The minimum absolute atomic E-state index is 0.0486. The zero-order chi connectivity index (χ0) is 16.1. The Morgan fingerprint density at radius 1 is 1.39 bits per heavy atom. The first-order valence-electron chi connectivity index (χ1n) is 8.07. The lowest BCUT2D eigenvalue weighted by atomic mass is 10.0. The minimum Gasteiger partial charge on any atom is -0.396 e. The Morgan fingerprint density at radius 2 is 2.17 bits per heavy atom.